The summed E-state index contributed by atoms with van der Waals surface area (Å²) in [5, 5.41) is 17.3. The number of amides is 3. The van der Waals surface area contributed by atoms with Crippen LogP contribution < -0.4 is 10.6 Å². The highest BCUT2D eigenvalue weighted by molar-refractivity contribution is 5.94. The highest BCUT2D eigenvalue weighted by Gasteiger charge is 2.23. The van der Waals surface area contributed by atoms with Crippen molar-refractivity contribution in [3.8, 4) is 11.4 Å². The molecule has 0 spiro atoms. The van der Waals surface area contributed by atoms with Gasteiger partial charge in [-0.1, -0.05) is 51.0 Å². The van der Waals surface area contributed by atoms with Crippen molar-refractivity contribution < 1.29 is 9.59 Å². The third-order valence-corrected chi connectivity index (χ3v) is 5.04. The van der Waals surface area contributed by atoms with Gasteiger partial charge in [-0.05, 0) is 36.0 Å². The first-order chi connectivity index (χ1) is 13.0. The molecule has 2 N–H and O–H groups in total. The zero-order chi connectivity index (χ0) is 19.2. The van der Waals surface area contributed by atoms with E-state index in [1.165, 1.54) is 16.8 Å². The van der Waals surface area contributed by atoms with E-state index in [2.05, 4.69) is 39.9 Å². The lowest BCUT2D eigenvalue weighted by Crippen LogP contribution is -2.48. The Hall–Kier alpha value is -2.77. The molecule has 1 heterocycles. The lowest BCUT2D eigenvalue weighted by molar-refractivity contribution is -0.121. The van der Waals surface area contributed by atoms with Crippen LogP contribution in [0.1, 0.15) is 45.1 Å². The van der Waals surface area contributed by atoms with Crippen LogP contribution in [-0.4, -0.2) is 38.2 Å². The summed E-state index contributed by atoms with van der Waals surface area (Å²) in [5.74, 6) is 0.408. The van der Waals surface area contributed by atoms with E-state index in [-0.39, 0.29) is 12.6 Å². The Balaban J connectivity index is 1.52. The molecule has 1 aliphatic rings. The zero-order valence-corrected chi connectivity index (χ0v) is 15.8. The third-order valence-electron chi connectivity index (χ3n) is 5.04. The van der Waals surface area contributed by atoms with Gasteiger partial charge in [0.05, 0.1) is 0 Å². The van der Waals surface area contributed by atoms with Gasteiger partial charge in [0, 0.05) is 11.6 Å². The molecule has 3 rings (SSSR count). The van der Waals surface area contributed by atoms with Gasteiger partial charge in [0.2, 0.25) is 5.82 Å². The molecule has 8 nitrogen and oxygen atoms in total. The van der Waals surface area contributed by atoms with Gasteiger partial charge in [0.15, 0.2) is 0 Å². The number of imide groups is 1. The second kappa shape index (κ2) is 8.75. The van der Waals surface area contributed by atoms with Crippen molar-refractivity contribution in [1.29, 1.82) is 0 Å². The number of carbonyl (C=O) groups excluding carboxylic acids is 2. The maximum Gasteiger partial charge on any atom is 0.321 e. The Bertz CT molecular complexity index is 786. The number of hydrogen-bond donors (Lipinski definition) is 2. The molecule has 3 amide bonds. The van der Waals surface area contributed by atoms with Crippen molar-refractivity contribution in [1.82, 2.24) is 30.8 Å². The SMILES string of the molecule is CCc1ccc(-c2nnn(CC(=O)NC(=O)N[C@H]3CCCC[C@H]3C)n2)cc1. The fraction of sp³-hybridized carbons (Fsp3) is 0.526. The van der Waals surface area contributed by atoms with E-state index >= 15 is 0 Å². The maximum atomic E-state index is 12.1. The molecular weight excluding hydrogens is 344 g/mol. The van der Waals surface area contributed by atoms with Crippen molar-refractivity contribution in [2.24, 2.45) is 5.92 Å². The summed E-state index contributed by atoms with van der Waals surface area (Å²) in [7, 11) is 0. The Labute approximate surface area is 158 Å². The van der Waals surface area contributed by atoms with Crippen LogP contribution in [0.3, 0.4) is 0 Å². The maximum absolute atomic E-state index is 12.1. The quantitative estimate of drug-likeness (QED) is 0.841. The van der Waals surface area contributed by atoms with Gasteiger partial charge in [-0.25, -0.2) is 4.79 Å². The average Bonchev–Trinajstić information content (AvgIpc) is 3.12. The van der Waals surface area contributed by atoms with E-state index in [0.29, 0.717) is 11.7 Å². The van der Waals surface area contributed by atoms with E-state index in [1.54, 1.807) is 0 Å². The standard InChI is InChI=1S/C19H26N6O2/c1-3-14-8-10-15(11-9-14)18-22-24-25(23-18)12-17(26)21-19(27)20-16-7-5-4-6-13(16)2/h8-11,13,16H,3-7,12H2,1-2H3,(H2,20,21,26,27)/t13-,16+/m1/s1. The van der Waals surface area contributed by atoms with E-state index in [4.69, 9.17) is 0 Å². The summed E-state index contributed by atoms with van der Waals surface area (Å²) in [5.41, 5.74) is 2.06. The predicted molar refractivity (Wildman–Crippen MR) is 101 cm³/mol. The monoisotopic (exact) mass is 370 g/mol. The molecule has 0 saturated heterocycles. The Kier molecular flexibility index (Phi) is 6.16. The average molecular weight is 370 g/mol. The number of nitrogens with zero attached hydrogens (tertiary/aromatic N) is 4. The van der Waals surface area contributed by atoms with Crippen LogP contribution in [0.25, 0.3) is 11.4 Å². The van der Waals surface area contributed by atoms with Crippen molar-refractivity contribution >= 4 is 11.9 Å². The van der Waals surface area contributed by atoms with Gasteiger partial charge in [0.25, 0.3) is 5.91 Å². The van der Waals surface area contributed by atoms with Crippen molar-refractivity contribution in [2.45, 2.75) is 58.5 Å². The fourth-order valence-electron chi connectivity index (χ4n) is 3.35. The summed E-state index contributed by atoms with van der Waals surface area (Å²) >= 11 is 0. The van der Waals surface area contributed by atoms with Crippen LogP contribution in [0, 0.1) is 5.92 Å². The van der Waals surface area contributed by atoms with Crippen LogP contribution in [0.15, 0.2) is 24.3 Å². The fourth-order valence-corrected chi connectivity index (χ4v) is 3.35. The molecule has 0 unspecified atom stereocenters. The highest BCUT2D eigenvalue weighted by Crippen LogP contribution is 2.23. The van der Waals surface area contributed by atoms with E-state index in [1.807, 2.05) is 24.3 Å². The summed E-state index contributed by atoms with van der Waals surface area (Å²) in [6.45, 7) is 4.06. The predicted octanol–water partition coefficient (Wildman–Crippen LogP) is 2.31. The van der Waals surface area contributed by atoms with Gasteiger partial charge in [-0.2, -0.15) is 4.80 Å². The molecule has 1 aliphatic carbocycles. The minimum atomic E-state index is -0.471. The Morgan fingerprint density at radius 2 is 1.93 bits per heavy atom. The Morgan fingerprint density at radius 1 is 1.19 bits per heavy atom. The third kappa shape index (κ3) is 5.12. The number of tetrazole rings is 1. The Morgan fingerprint density at radius 3 is 2.63 bits per heavy atom. The minimum Gasteiger partial charge on any atom is -0.335 e. The van der Waals surface area contributed by atoms with Crippen LogP contribution >= 0.6 is 0 Å². The van der Waals surface area contributed by atoms with Gasteiger partial charge >= 0.3 is 6.03 Å². The molecule has 0 bridgehead atoms. The molecule has 8 heteroatoms. The number of hydrogen-bond acceptors (Lipinski definition) is 5. The van der Waals surface area contributed by atoms with Gasteiger partial charge in [-0.15, -0.1) is 10.2 Å². The number of carbonyl (C=O) groups is 2. The molecule has 0 aliphatic heterocycles. The first-order valence-electron chi connectivity index (χ1n) is 9.52. The van der Waals surface area contributed by atoms with Crippen LogP contribution in [-0.2, 0) is 17.8 Å². The lowest BCUT2D eigenvalue weighted by atomic mass is 9.86. The zero-order valence-electron chi connectivity index (χ0n) is 15.8. The normalized spacial score (nSPS) is 19.5. The van der Waals surface area contributed by atoms with Crippen molar-refractivity contribution in [3.63, 3.8) is 0 Å². The molecule has 1 aromatic carbocycles. The smallest absolute Gasteiger partial charge is 0.321 e. The number of benzene rings is 1. The molecule has 144 valence electrons. The molecule has 0 radical (unpaired) electrons. The van der Waals surface area contributed by atoms with Gasteiger partial charge in [-0.3, -0.25) is 10.1 Å². The second-order valence-electron chi connectivity index (χ2n) is 7.08. The van der Waals surface area contributed by atoms with Crippen LogP contribution in [0.5, 0.6) is 0 Å². The van der Waals surface area contributed by atoms with Crippen molar-refractivity contribution in [3.05, 3.63) is 29.8 Å². The second-order valence-corrected chi connectivity index (χ2v) is 7.08. The first-order valence-corrected chi connectivity index (χ1v) is 9.52. The number of aromatic nitrogens is 4. The van der Waals surface area contributed by atoms with Crippen LogP contribution in [0.2, 0.25) is 0 Å². The largest absolute Gasteiger partial charge is 0.335 e. The summed E-state index contributed by atoms with van der Waals surface area (Å²) in [6, 6.07) is 7.54. The number of urea groups is 1. The summed E-state index contributed by atoms with van der Waals surface area (Å²) in [6.07, 6.45) is 5.31. The molecule has 27 heavy (non-hydrogen) atoms. The first kappa shape index (κ1) is 19.0. The highest BCUT2D eigenvalue weighted by atomic mass is 16.2. The summed E-state index contributed by atoms with van der Waals surface area (Å²) in [4.78, 5) is 25.3. The molecule has 1 fully saturated rings. The number of aryl methyl sites for hydroxylation is 1. The minimum absolute atomic E-state index is 0.119. The number of rotatable bonds is 5. The molecule has 1 saturated carbocycles. The molecule has 2 atom stereocenters. The molecule has 2 aromatic rings. The number of nitrogens with one attached hydrogen (secondary N) is 2. The van der Waals surface area contributed by atoms with E-state index in [0.717, 1.165) is 31.2 Å². The summed E-state index contributed by atoms with van der Waals surface area (Å²) < 4.78 is 0. The van der Waals surface area contributed by atoms with Gasteiger partial charge in [0.1, 0.15) is 6.54 Å². The van der Waals surface area contributed by atoms with E-state index in [9.17, 15) is 9.59 Å². The van der Waals surface area contributed by atoms with Crippen molar-refractivity contribution in [2.75, 3.05) is 0 Å². The lowest BCUT2D eigenvalue weighted by Gasteiger charge is -2.29. The van der Waals surface area contributed by atoms with Crippen LogP contribution in [0.4, 0.5) is 4.79 Å². The molecule has 1 aromatic heterocycles. The van der Waals surface area contributed by atoms with Gasteiger partial charge < -0.3 is 5.32 Å². The molecular formula is C19H26N6O2. The topological polar surface area (TPSA) is 102 Å². The van der Waals surface area contributed by atoms with E-state index < -0.39 is 11.9 Å².